The van der Waals surface area contributed by atoms with Crippen LogP contribution in [-0.2, 0) is 6.54 Å². The van der Waals surface area contributed by atoms with Gasteiger partial charge >= 0.3 is 6.03 Å². The van der Waals surface area contributed by atoms with Gasteiger partial charge in [0.1, 0.15) is 11.9 Å². The molecule has 1 aromatic heterocycles. The van der Waals surface area contributed by atoms with Crippen molar-refractivity contribution in [1.82, 2.24) is 20.4 Å². The third-order valence-electron chi connectivity index (χ3n) is 5.06. The Morgan fingerprint density at radius 2 is 2.04 bits per heavy atom. The van der Waals surface area contributed by atoms with Gasteiger partial charge in [-0.3, -0.25) is 0 Å². The van der Waals surface area contributed by atoms with Gasteiger partial charge in [-0.1, -0.05) is 36.2 Å². The maximum Gasteiger partial charge on any atom is 0.317 e. The van der Waals surface area contributed by atoms with Gasteiger partial charge in [-0.05, 0) is 25.0 Å². The Morgan fingerprint density at radius 1 is 1.23 bits per heavy atom. The highest BCUT2D eigenvalue weighted by Crippen LogP contribution is 2.32. The molecule has 2 aliphatic rings. The number of aromatic nitrogens is 2. The van der Waals surface area contributed by atoms with Gasteiger partial charge in [0.05, 0.1) is 13.1 Å². The van der Waals surface area contributed by atoms with Crippen LogP contribution in [0.5, 0.6) is 5.75 Å². The van der Waals surface area contributed by atoms with Crippen molar-refractivity contribution in [2.75, 3.05) is 13.1 Å². The second-order valence-electron chi connectivity index (χ2n) is 6.98. The SMILES string of the molecule is O=C(NCc1noc(C2CCCC2)n1)N1CCC(Oc2ccccc2)C1. The Bertz CT molecular complexity index is 727. The molecule has 1 unspecified atom stereocenters. The van der Waals surface area contributed by atoms with Crippen molar-refractivity contribution in [2.45, 2.75) is 50.7 Å². The Morgan fingerprint density at radius 3 is 2.85 bits per heavy atom. The molecule has 2 amide bonds. The van der Waals surface area contributed by atoms with E-state index in [2.05, 4.69) is 15.5 Å². The van der Waals surface area contributed by atoms with Crippen molar-refractivity contribution in [1.29, 1.82) is 0 Å². The molecule has 0 spiro atoms. The largest absolute Gasteiger partial charge is 0.489 e. The number of amides is 2. The number of nitrogens with one attached hydrogen (secondary N) is 1. The van der Waals surface area contributed by atoms with E-state index in [4.69, 9.17) is 9.26 Å². The number of urea groups is 1. The number of ether oxygens (including phenoxy) is 1. The average Bonchev–Trinajstić information content (AvgIpc) is 3.41. The summed E-state index contributed by atoms with van der Waals surface area (Å²) in [7, 11) is 0. The third-order valence-corrected chi connectivity index (χ3v) is 5.06. The molecule has 0 bridgehead atoms. The molecule has 1 aliphatic carbocycles. The van der Waals surface area contributed by atoms with Crippen molar-refractivity contribution < 1.29 is 14.1 Å². The lowest BCUT2D eigenvalue weighted by Gasteiger charge is -2.17. The summed E-state index contributed by atoms with van der Waals surface area (Å²) >= 11 is 0. The summed E-state index contributed by atoms with van der Waals surface area (Å²) in [5.74, 6) is 2.48. The molecule has 1 saturated carbocycles. The Labute approximate surface area is 152 Å². The molecule has 2 aromatic rings. The maximum absolute atomic E-state index is 12.4. The summed E-state index contributed by atoms with van der Waals surface area (Å²) in [5.41, 5.74) is 0. The van der Waals surface area contributed by atoms with E-state index in [-0.39, 0.29) is 18.7 Å². The first-order valence-corrected chi connectivity index (χ1v) is 9.35. The second kappa shape index (κ2) is 7.76. The van der Waals surface area contributed by atoms with Crippen molar-refractivity contribution in [3.05, 3.63) is 42.0 Å². The normalized spacial score (nSPS) is 20.5. The first kappa shape index (κ1) is 16.9. The third kappa shape index (κ3) is 3.98. The lowest BCUT2D eigenvalue weighted by atomic mass is 10.1. The van der Waals surface area contributed by atoms with Crippen molar-refractivity contribution in [3.63, 3.8) is 0 Å². The van der Waals surface area contributed by atoms with E-state index in [0.29, 0.717) is 30.7 Å². The van der Waals surface area contributed by atoms with Crippen LogP contribution in [0.1, 0.15) is 49.7 Å². The van der Waals surface area contributed by atoms with Crippen LogP contribution in [-0.4, -0.2) is 40.3 Å². The van der Waals surface area contributed by atoms with Crippen LogP contribution in [0.4, 0.5) is 4.79 Å². The van der Waals surface area contributed by atoms with E-state index >= 15 is 0 Å². The Balaban J connectivity index is 1.24. The van der Waals surface area contributed by atoms with Gasteiger partial charge in [-0.2, -0.15) is 4.98 Å². The van der Waals surface area contributed by atoms with Gasteiger partial charge in [0.25, 0.3) is 0 Å². The zero-order valence-corrected chi connectivity index (χ0v) is 14.8. The number of benzene rings is 1. The fourth-order valence-corrected chi connectivity index (χ4v) is 3.64. The smallest absolute Gasteiger partial charge is 0.317 e. The molecule has 2 heterocycles. The highest BCUT2D eigenvalue weighted by molar-refractivity contribution is 5.74. The van der Waals surface area contributed by atoms with Crippen LogP contribution < -0.4 is 10.1 Å². The molecule has 1 atom stereocenters. The minimum Gasteiger partial charge on any atom is -0.489 e. The summed E-state index contributed by atoms with van der Waals surface area (Å²) in [4.78, 5) is 18.5. The van der Waals surface area contributed by atoms with E-state index in [0.717, 1.165) is 25.0 Å². The first-order valence-electron chi connectivity index (χ1n) is 9.35. The molecule has 4 rings (SSSR count). The molecule has 2 fully saturated rings. The number of likely N-dealkylation sites (tertiary alicyclic amines) is 1. The highest BCUT2D eigenvalue weighted by atomic mass is 16.5. The maximum atomic E-state index is 12.4. The molecule has 1 aromatic carbocycles. The van der Waals surface area contributed by atoms with Gasteiger partial charge in [0.15, 0.2) is 5.82 Å². The standard InChI is InChI=1S/C19H24N4O3/c24-19(20-12-17-21-18(26-22-17)14-6-4-5-7-14)23-11-10-16(13-23)25-15-8-2-1-3-9-15/h1-3,8-9,14,16H,4-7,10-13H2,(H,20,24). The van der Waals surface area contributed by atoms with E-state index < -0.39 is 0 Å². The zero-order valence-electron chi connectivity index (χ0n) is 14.8. The Hall–Kier alpha value is -2.57. The predicted molar refractivity (Wildman–Crippen MR) is 94.8 cm³/mol. The van der Waals surface area contributed by atoms with Gasteiger partial charge < -0.3 is 19.5 Å². The van der Waals surface area contributed by atoms with E-state index in [9.17, 15) is 4.79 Å². The molecule has 1 saturated heterocycles. The van der Waals surface area contributed by atoms with Crippen molar-refractivity contribution in [3.8, 4) is 5.75 Å². The summed E-state index contributed by atoms with van der Waals surface area (Å²) in [6.07, 6.45) is 5.54. The number of nitrogens with zero attached hydrogens (tertiary/aromatic N) is 3. The summed E-state index contributed by atoms with van der Waals surface area (Å²) in [5, 5.41) is 6.86. The summed E-state index contributed by atoms with van der Waals surface area (Å²) < 4.78 is 11.3. The van der Waals surface area contributed by atoms with Crippen LogP contribution in [0.15, 0.2) is 34.9 Å². The van der Waals surface area contributed by atoms with E-state index in [1.54, 1.807) is 4.90 Å². The number of hydrogen-bond acceptors (Lipinski definition) is 5. The van der Waals surface area contributed by atoms with E-state index in [1.807, 2.05) is 30.3 Å². The second-order valence-corrected chi connectivity index (χ2v) is 6.98. The molecule has 26 heavy (non-hydrogen) atoms. The number of carbonyl (C=O) groups is 1. The van der Waals surface area contributed by atoms with Crippen LogP contribution in [0.3, 0.4) is 0 Å². The summed E-state index contributed by atoms with van der Waals surface area (Å²) in [6, 6.07) is 9.59. The number of hydrogen-bond donors (Lipinski definition) is 1. The zero-order chi connectivity index (χ0) is 17.8. The topological polar surface area (TPSA) is 80.5 Å². The van der Waals surface area contributed by atoms with Gasteiger partial charge in [0.2, 0.25) is 5.89 Å². The molecule has 138 valence electrons. The van der Waals surface area contributed by atoms with Crippen molar-refractivity contribution >= 4 is 6.03 Å². The lowest BCUT2D eigenvalue weighted by Crippen LogP contribution is -2.39. The molecule has 1 aliphatic heterocycles. The quantitative estimate of drug-likeness (QED) is 0.890. The van der Waals surface area contributed by atoms with Crippen LogP contribution in [0.2, 0.25) is 0 Å². The number of rotatable bonds is 5. The van der Waals surface area contributed by atoms with Crippen LogP contribution in [0, 0.1) is 0 Å². The fourth-order valence-electron chi connectivity index (χ4n) is 3.64. The fraction of sp³-hybridized carbons (Fsp3) is 0.526. The summed E-state index contributed by atoms with van der Waals surface area (Å²) in [6.45, 7) is 1.55. The van der Waals surface area contributed by atoms with Crippen molar-refractivity contribution in [2.24, 2.45) is 0 Å². The highest BCUT2D eigenvalue weighted by Gasteiger charge is 2.28. The molecule has 7 nitrogen and oxygen atoms in total. The monoisotopic (exact) mass is 356 g/mol. The molecule has 7 heteroatoms. The van der Waals surface area contributed by atoms with Crippen LogP contribution >= 0.6 is 0 Å². The van der Waals surface area contributed by atoms with Gasteiger partial charge in [0, 0.05) is 18.9 Å². The molecular weight excluding hydrogens is 332 g/mol. The number of carbonyl (C=O) groups excluding carboxylic acids is 1. The van der Waals surface area contributed by atoms with Gasteiger partial charge in [-0.15, -0.1) is 0 Å². The lowest BCUT2D eigenvalue weighted by molar-refractivity contribution is 0.186. The molecule has 1 N–H and O–H groups in total. The average molecular weight is 356 g/mol. The van der Waals surface area contributed by atoms with Gasteiger partial charge in [-0.25, -0.2) is 4.79 Å². The van der Waals surface area contributed by atoms with Crippen LogP contribution in [0.25, 0.3) is 0 Å². The number of para-hydroxylation sites is 1. The predicted octanol–water partition coefficient (Wildman–Crippen LogP) is 3.09. The molecular formula is C19H24N4O3. The van der Waals surface area contributed by atoms with E-state index in [1.165, 1.54) is 12.8 Å². The minimum absolute atomic E-state index is 0.0299. The first-order chi connectivity index (χ1) is 12.8. The molecule has 0 radical (unpaired) electrons. The minimum atomic E-state index is -0.114. The Kier molecular flexibility index (Phi) is 5.04.